The molecule has 0 bridgehead atoms. The van der Waals surface area contributed by atoms with Crippen LogP contribution in [0.15, 0.2) is 115 Å². The number of rotatable bonds is 7. The Kier molecular flexibility index (Phi) is 10.8. The molecule has 5 aromatic carbocycles. The maximum atomic E-state index is 16.2. The van der Waals surface area contributed by atoms with Crippen molar-refractivity contribution in [2.24, 2.45) is 11.8 Å². The van der Waals surface area contributed by atoms with E-state index in [-0.39, 0.29) is 11.5 Å². The molecule has 10 nitrogen and oxygen atoms in total. The Hall–Kier alpha value is -6.41. The fraction of sp³-hybridized carbons (Fsp3) is 0.352. The van der Waals surface area contributed by atoms with Crippen LogP contribution in [0.5, 0.6) is 17.2 Å². The third-order valence-corrected chi connectivity index (χ3v) is 14.5. The summed E-state index contributed by atoms with van der Waals surface area (Å²) in [4.78, 5) is 49.3. The number of carbonyl (C=O) groups excluding carboxylic acids is 3. The highest BCUT2D eigenvalue weighted by Gasteiger charge is 2.74. The number of anilines is 1. The van der Waals surface area contributed by atoms with Crippen LogP contribution < -0.4 is 14.8 Å². The van der Waals surface area contributed by atoms with Crippen molar-refractivity contribution in [3.8, 4) is 29.1 Å². The number of aliphatic hydroxyl groups is 1. The van der Waals surface area contributed by atoms with E-state index in [1.54, 1.807) is 38.5 Å². The highest BCUT2D eigenvalue weighted by molar-refractivity contribution is 6.12. The zero-order valence-corrected chi connectivity index (χ0v) is 36.1. The molecule has 3 heterocycles. The standard InChI is InChI=1S/C54H52N2O8/c1-62-43-31-37-18-19-38(30-39(37)32-44(43)63-2)48(58)45-47-51(59)64-49(35-15-9-6-10-16-35)46(34-13-7-5-8-14-34)56(47)50(36-20-22-40(57)23-21-36)54(45)41-29-33(17-24-42(41)55-52(54)60)25-28-53(61)26-11-3-4-12-27-53/h5-10,13-17,20-24,29,31-32,38,45-47,49-50,57,61H,3-4,11-12,18-19,26-27,30H2,1-2H3,(H,55,60)/t38?,45-,46-,47-,49+,50+,54-/m0/s1. The molecule has 2 saturated heterocycles. The summed E-state index contributed by atoms with van der Waals surface area (Å²) in [6.45, 7) is 0. The Morgan fingerprint density at radius 1 is 0.781 bits per heavy atom. The molecule has 10 rings (SSSR count). The largest absolute Gasteiger partial charge is 0.508 e. The first kappa shape index (κ1) is 41.6. The van der Waals surface area contributed by atoms with Crippen LogP contribution in [-0.2, 0) is 37.4 Å². The van der Waals surface area contributed by atoms with Crippen molar-refractivity contribution in [2.75, 3.05) is 19.5 Å². The third kappa shape index (κ3) is 6.93. The Morgan fingerprint density at radius 3 is 2.11 bits per heavy atom. The Balaban J connectivity index is 1.21. The number of benzene rings is 5. The molecule has 0 radical (unpaired) electrons. The number of methoxy groups -OCH3 is 2. The second kappa shape index (κ2) is 16.6. The molecule has 1 unspecified atom stereocenters. The molecule has 7 atom stereocenters. The number of aromatic hydroxyl groups is 1. The van der Waals surface area contributed by atoms with Gasteiger partial charge in [0.05, 0.1) is 32.2 Å². The number of nitrogens with zero attached hydrogens (tertiary/aromatic N) is 1. The van der Waals surface area contributed by atoms with Crippen LogP contribution in [0.3, 0.4) is 0 Å². The van der Waals surface area contributed by atoms with Crippen molar-refractivity contribution in [3.05, 3.63) is 154 Å². The number of phenols is 1. The fourth-order valence-corrected chi connectivity index (χ4v) is 11.6. The van der Waals surface area contributed by atoms with Gasteiger partial charge in [-0.2, -0.15) is 0 Å². The van der Waals surface area contributed by atoms with Crippen LogP contribution in [0.1, 0.15) is 102 Å². The maximum Gasteiger partial charge on any atom is 0.324 e. The van der Waals surface area contributed by atoms with E-state index in [1.807, 2.05) is 91.0 Å². The number of cyclic esters (lactones) is 1. The molecular weight excluding hydrogens is 805 g/mol. The molecule has 3 fully saturated rings. The van der Waals surface area contributed by atoms with Crippen LogP contribution >= 0.6 is 0 Å². The second-order valence-corrected chi connectivity index (χ2v) is 18.1. The lowest BCUT2D eigenvalue weighted by molar-refractivity contribution is -0.178. The van der Waals surface area contributed by atoms with Gasteiger partial charge < -0.3 is 29.7 Å². The highest BCUT2D eigenvalue weighted by atomic mass is 16.6. The van der Waals surface area contributed by atoms with E-state index in [2.05, 4.69) is 22.1 Å². The summed E-state index contributed by atoms with van der Waals surface area (Å²) in [5.74, 6) is 4.73. The summed E-state index contributed by atoms with van der Waals surface area (Å²) in [5, 5.41) is 25.5. The minimum atomic E-state index is -1.68. The number of amides is 1. The Morgan fingerprint density at radius 2 is 1.44 bits per heavy atom. The number of fused-ring (bicyclic) bond motifs is 4. The molecule has 326 valence electrons. The molecule has 3 N–H and O–H groups in total. The van der Waals surface area contributed by atoms with Gasteiger partial charge in [0.25, 0.3) is 0 Å². The number of hydrogen-bond acceptors (Lipinski definition) is 9. The van der Waals surface area contributed by atoms with E-state index < -0.39 is 59.0 Å². The first-order valence-corrected chi connectivity index (χ1v) is 22.5. The normalized spacial score (nSPS) is 26.9. The van der Waals surface area contributed by atoms with Gasteiger partial charge in [0.1, 0.15) is 34.7 Å². The zero-order valence-electron chi connectivity index (χ0n) is 36.1. The summed E-state index contributed by atoms with van der Waals surface area (Å²) in [5.41, 5.74) is 3.14. The van der Waals surface area contributed by atoms with Gasteiger partial charge in [-0.15, -0.1) is 0 Å². The van der Waals surface area contributed by atoms with Crippen LogP contribution in [0.25, 0.3) is 0 Å². The van der Waals surface area contributed by atoms with Gasteiger partial charge in [-0.1, -0.05) is 97.5 Å². The third-order valence-electron chi connectivity index (χ3n) is 14.5. The summed E-state index contributed by atoms with van der Waals surface area (Å²) in [6, 6.07) is 32.9. The molecule has 5 aromatic rings. The first-order valence-electron chi connectivity index (χ1n) is 22.5. The average Bonchev–Trinajstić information content (AvgIpc) is 3.69. The summed E-state index contributed by atoms with van der Waals surface area (Å²) in [6.07, 6.45) is 5.70. The lowest BCUT2D eigenvalue weighted by Crippen LogP contribution is -2.53. The van der Waals surface area contributed by atoms with E-state index in [4.69, 9.17) is 14.2 Å². The summed E-state index contributed by atoms with van der Waals surface area (Å²) < 4.78 is 17.9. The average molecular weight is 857 g/mol. The predicted octanol–water partition coefficient (Wildman–Crippen LogP) is 8.49. The van der Waals surface area contributed by atoms with Gasteiger partial charge in [0.2, 0.25) is 5.91 Å². The van der Waals surface area contributed by atoms with Gasteiger partial charge in [-0.3, -0.25) is 19.3 Å². The molecule has 0 aromatic heterocycles. The number of esters is 1. The quantitative estimate of drug-likeness (QED) is 0.0837. The minimum Gasteiger partial charge on any atom is -0.508 e. The second-order valence-electron chi connectivity index (χ2n) is 18.1. The van der Waals surface area contributed by atoms with Crippen molar-refractivity contribution in [1.29, 1.82) is 0 Å². The summed E-state index contributed by atoms with van der Waals surface area (Å²) >= 11 is 0. The number of nitrogens with one attached hydrogen (secondary N) is 1. The van der Waals surface area contributed by atoms with Gasteiger partial charge in [-0.25, -0.2) is 0 Å². The fourth-order valence-electron chi connectivity index (χ4n) is 11.6. The predicted molar refractivity (Wildman–Crippen MR) is 241 cm³/mol. The van der Waals surface area contributed by atoms with E-state index in [1.165, 1.54) is 0 Å². The van der Waals surface area contributed by atoms with Crippen molar-refractivity contribution in [3.63, 3.8) is 0 Å². The SMILES string of the molecule is COc1cc2c(cc1OC)CC(C(=O)[C@@H]1[C@H]3C(=O)O[C@H](c4ccccc4)[C@H](c4ccccc4)N3[C@H](c3ccc(O)cc3)[C@@]13C(=O)Nc1ccc(C#CC4(O)CCCCCC4)cc13)CC2. The van der Waals surface area contributed by atoms with Crippen molar-refractivity contribution < 1.29 is 38.8 Å². The molecule has 5 aliphatic rings. The van der Waals surface area contributed by atoms with Gasteiger partial charge in [0, 0.05) is 17.2 Å². The lowest BCUT2D eigenvalue weighted by Gasteiger charge is -2.46. The van der Waals surface area contributed by atoms with E-state index in [0.717, 1.165) is 47.9 Å². The number of carbonyl (C=O) groups is 3. The number of morpholine rings is 1. The van der Waals surface area contributed by atoms with Gasteiger partial charge >= 0.3 is 5.97 Å². The molecule has 3 aliphatic heterocycles. The number of ketones is 1. The maximum absolute atomic E-state index is 16.2. The number of Topliss-reactive ketones (excluding diaryl/α,β-unsaturated/α-hetero) is 1. The van der Waals surface area contributed by atoms with Gasteiger partial charge in [-0.05, 0) is 121 Å². The van der Waals surface area contributed by atoms with Crippen LogP contribution in [0.4, 0.5) is 5.69 Å². The van der Waals surface area contributed by atoms with Crippen molar-refractivity contribution >= 4 is 23.3 Å². The van der Waals surface area contributed by atoms with Crippen LogP contribution in [-0.4, -0.2) is 58.6 Å². The zero-order chi connectivity index (χ0) is 44.2. The first-order chi connectivity index (χ1) is 31.1. The van der Waals surface area contributed by atoms with E-state index >= 15 is 14.4 Å². The minimum absolute atomic E-state index is 0.0398. The van der Waals surface area contributed by atoms with E-state index in [0.29, 0.717) is 66.0 Å². The molecule has 1 saturated carbocycles. The van der Waals surface area contributed by atoms with Crippen molar-refractivity contribution in [2.45, 2.75) is 93.0 Å². The van der Waals surface area contributed by atoms with Gasteiger partial charge in [0.15, 0.2) is 11.5 Å². The Labute approximate surface area is 373 Å². The molecule has 2 aliphatic carbocycles. The molecule has 10 heteroatoms. The molecular formula is C54H52N2O8. The highest BCUT2D eigenvalue weighted by Crippen LogP contribution is 2.65. The van der Waals surface area contributed by atoms with E-state index in [9.17, 15) is 10.2 Å². The topological polar surface area (TPSA) is 135 Å². The Bertz CT molecular complexity index is 2660. The lowest BCUT2D eigenvalue weighted by atomic mass is 9.61. The smallest absolute Gasteiger partial charge is 0.324 e. The van der Waals surface area contributed by atoms with Crippen LogP contribution in [0, 0.1) is 23.7 Å². The monoisotopic (exact) mass is 856 g/mol. The number of phenolic OH excluding ortho intramolecular Hbond substituents is 1. The van der Waals surface area contributed by atoms with Crippen molar-refractivity contribution in [1.82, 2.24) is 4.90 Å². The number of hydrogen-bond donors (Lipinski definition) is 3. The summed E-state index contributed by atoms with van der Waals surface area (Å²) in [7, 11) is 3.19. The molecule has 1 amide bonds. The van der Waals surface area contributed by atoms with Crippen LogP contribution in [0.2, 0.25) is 0 Å². The molecule has 64 heavy (non-hydrogen) atoms. The number of aryl methyl sites for hydroxylation is 1. The molecule has 1 spiro atoms. The number of ether oxygens (including phenoxy) is 3.